The number of nitrogens with zero attached hydrogens (tertiary/aromatic N) is 1. The van der Waals surface area contributed by atoms with E-state index >= 15 is 0 Å². The molecule has 3 nitrogen and oxygen atoms in total. The average molecular weight is 283 g/mol. The normalized spacial score (nSPS) is 10.8. The van der Waals surface area contributed by atoms with Gasteiger partial charge in [-0.15, -0.1) is 11.3 Å². The maximum absolute atomic E-state index is 10.7. The molecule has 3 rings (SSSR count). The topological polar surface area (TPSA) is 50.2 Å². The van der Waals surface area contributed by atoms with Crippen LogP contribution in [0.2, 0.25) is 0 Å². The maximum Gasteiger partial charge on any atom is 0.307 e. The van der Waals surface area contributed by atoms with Gasteiger partial charge in [0.25, 0.3) is 0 Å². The summed E-state index contributed by atoms with van der Waals surface area (Å²) in [6.07, 6.45) is 0.857. The van der Waals surface area contributed by atoms with E-state index in [0.29, 0.717) is 0 Å². The molecule has 0 amide bonds. The van der Waals surface area contributed by atoms with Gasteiger partial charge in [0.1, 0.15) is 0 Å². The summed E-state index contributed by atoms with van der Waals surface area (Å²) in [5.41, 5.74) is 2.92. The lowest BCUT2D eigenvalue weighted by Gasteiger charge is -1.95. The minimum atomic E-state index is -0.816. The van der Waals surface area contributed by atoms with Gasteiger partial charge in [-0.25, -0.2) is 4.98 Å². The second-order valence-corrected chi connectivity index (χ2v) is 5.76. The Balaban J connectivity index is 1.88. The van der Waals surface area contributed by atoms with E-state index in [-0.39, 0.29) is 6.42 Å². The second-order valence-electron chi connectivity index (χ2n) is 4.64. The molecular weight excluding hydrogens is 270 g/mol. The summed E-state index contributed by atoms with van der Waals surface area (Å²) in [4.78, 5) is 15.3. The van der Waals surface area contributed by atoms with Crippen LogP contribution in [-0.2, 0) is 17.6 Å². The van der Waals surface area contributed by atoms with Crippen molar-refractivity contribution in [2.45, 2.75) is 12.8 Å². The molecule has 0 spiro atoms. The zero-order valence-electron chi connectivity index (χ0n) is 10.7. The van der Waals surface area contributed by atoms with E-state index in [9.17, 15) is 4.79 Å². The molecule has 0 unspecified atom stereocenters. The number of rotatable bonds is 4. The van der Waals surface area contributed by atoms with Crippen molar-refractivity contribution in [1.29, 1.82) is 0 Å². The van der Waals surface area contributed by atoms with E-state index in [1.165, 1.54) is 5.56 Å². The fourth-order valence-electron chi connectivity index (χ4n) is 2.15. The molecule has 0 radical (unpaired) electrons. The Bertz CT molecular complexity index is 750. The van der Waals surface area contributed by atoms with Crippen molar-refractivity contribution in [3.63, 3.8) is 0 Å². The summed E-state index contributed by atoms with van der Waals surface area (Å²) in [7, 11) is 0. The Kier molecular flexibility index (Phi) is 3.48. The Labute approximate surface area is 120 Å². The summed E-state index contributed by atoms with van der Waals surface area (Å²) in [6.45, 7) is 0. The lowest BCUT2D eigenvalue weighted by Crippen LogP contribution is -1.99. The molecule has 0 aliphatic rings. The number of hydrogen-bond donors (Lipinski definition) is 1. The molecule has 0 saturated heterocycles. The van der Waals surface area contributed by atoms with Gasteiger partial charge in [0.05, 0.1) is 21.6 Å². The van der Waals surface area contributed by atoms with Gasteiger partial charge in [-0.05, 0) is 23.3 Å². The van der Waals surface area contributed by atoms with E-state index in [0.717, 1.165) is 27.2 Å². The largest absolute Gasteiger partial charge is 0.481 e. The van der Waals surface area contributed by atoms with Crippen molar-refractivity contribution in [2.75, 3.05) is 0 Å². The van der Waals surface area contributed by atoms with E-state index in [2.05, 4.69) is 17.1 Å². The second kappa shape index (κ2) is 5.43. The minimum Gasteiger partial charge on any atom is -0.481 e. The van der Waals surface area contributed by atoms with Gasteiger partial charge >= 0.3 is 5.97 Å². The predicted molar refractivity (Wildman–Crippen MR) is 80.2 cm³/mol. The first kappa shape index (κ1) is 12.8. The highest BCUT2D eigenvalue weighted by Crippen LogP contribution is 2.25. The highest BCUT2D eigenvalue weighted by Gasteiger charge is 2.07. The summed E-state index contributed by atoms with van der Waals surface area (Å²) < 4.78 is 1.10. The Hall–Kier alpha value is -2.20. The first-order chi connectivity index (χ1) is 9.70. The summed E-state index contributed by atoms with van der Waals surface area (Å²) in [6, 6.07) is 15.9. The van der Waals surface area contributed by atoms with Crippen LogP contribution >= 0.6 is 11.3 Å². The third-order valence-corrected chi connectivity index (χ3v) is 4.09. The number of aromatic nitrogens is 1. The highest BCUT2D eigenvalue weighted by molar-refractivity contribution is 7.18. The molecule has 1 aromatic heterocycles. The van der Waals surface area contributed by atoms with E-state index in [1.807, 2.05) is 36.4 Å². The van der Waals surface area contributed by atoms with Crippen molar-refractivity contribution in [3.8, 4) is 0 Å². The molecule has 4 heteroatoms. The minimum absolute atomic E-state index is 0.0431. The highest BCUT2D eigenvalue weighted by atomic mass is 32.1. The first-order valence-corrected chi connectivity index (χ1v) is 7.16. The van der Waals surface area contributed by atoms with Gasteiger partial charge in [0, 0.05) is 6.42 Å². The third kappa shape index (κ3) is 2.86. The van der Waals surface area contributed by atoms with Crippen molar-refractivity contribution in [2.24, 2.45) is 0 Å². The zero-order valence-corrected chi connectivity index (χ0v) is 11.6. The van der Waals surface area contributed by atoms with Gasteiger partial charge in [-0.1, -0.05) is 36.4 Å². The molecule has 0 atom stereocenters. The van der Waals surface area contributed by atoms with Crippen LogP contribution in [0.3, 0.4) is 0 Å². The van der Waals surface area contributed by atoms with Crippen LogP contribution in [-0.4, -0.2) is 16.1 Å². The SMILES string of the molecule is O=C(O)Cc1ccc2sc(Cc3ccccc3)nc2c1. The average Bonchev–Trinajstić information content (AvgIpc) is 2.80. The molecule has 3 aromatic rings. The standard InChI is InChI=1S/C16H13NO2S/c18-16(19)10-12-6-7-14-13(8-12)17-15(20-14)9-11-4-2-1-3-5-11/h1-8H,9-10H2,(H,18,19). The predicted octanol–water partition coefficient (Wildman–Crippen LogP) is 3.51. The fourth-order valence-corrected chi connectivity index (χ4v) is 3.13. The van der Waals surface area contributed by atoms with Crippen LogP contribution in [0.5, 0.6) is 0 Å². The smallest absolute Gasteiger partial charge is 0.307 e. The summed E-state index contributed by atoms with van der Waals surface area (Å²) in [5, 5.41) is 9.88. The van der Waals surface area contributed by atoms with Gasteiger partial charge in [-0.2, -0.15) is 0 Å². The zero-order chi connectivity index (χ0) is 13.9. The van der Waals surface area contributed by atoms with Crippen LogP contribution < -0.4 is 0 Å². The van der Waals surface area contributed by atoms with Crippen LogP contribution in [0.1, 0.15) is 16.1 Å². The molecule has 0 aliphatic heterocycles. The number of carboxylic acids is 1. The molecule has 0 saturated carbocycles. The van der Waals surface area contributed by atoms with Crippen molar-refractivity contribution < 1.29 is 9.90 Å². The number of aliphatic carboxylic acids is 1. The van der Waals surface area contributed by atoms with Gasteiger partial charge in [0.15, 0.2) is 0 Å². The van der Waals surface area contributed by atoms with Crippen LogP contribution in [0.15, 0.2) is 48.5 Å². The molecule has 20 heavy (non-hydrogen) atoms. The van der Waals surface area contributed by atoms with Crippen molar-refractivity contribution in [1.82, 2.24) is 4.98 Å². The molecule has 0 bridgehead atoms. The monoisotopic (exact) mass is 283 g/mol. The summed E-state index contributed by atoms with van der Waals surface area (Å²) >= 11 is 1.66. The maximum atomic E-state index is 10.7. The Morgan fingerprint density at radius 2 is 1.90 bits per heavy atom. The molecule has 2 aromatic carbocycles. The van der Waals surface area contributed by atoms with Gasteiger partial charge < -0.3 is 5.11 Å². The van der Waals surface area contributed by atoms with Crippen molar-refractivity contribution in [3.05, 3.63) is 64.7 Å². The van der Waals surface area contributed by atoms with Crippen LogP contribution in [0.25, 0.3) is 10.2 Å². The lowest BCUT2D eigenvalue weighted by atomic mass is 10.1. The molecule has 1 heterocycles. The molecule has 1 N–H and O–H groups in total. The Morgan fingerprint density at radius 1 is 1.10 bits per heavy atom. The van der Waals surface area contributed by atoms with Gasteiger partial charge in [-0.3, -0.25) is 4.79 Å². The van der Waals surface area contributed by atoms with Gasteiger partial charge in [0.2, 0.25) is 0 Å². The van der Waals surface area contributed by atoms with Crippen LogP contribution in [0, 0.1) is 0 Å². The number of carboxylic acid groups (broad SMARTS) is 1. The number of fused-ring (bicyclic) bond motifs is 1. The van der Waals surface area contributed by atoms with E-state index in [4.69, 9.17) is 5.11 Å². The summed E-state index contributed by atoms with van der Waals surface area (Å²) in [5.74, 6) is -0.816. The molecular formula is C16H13NO2S. The number of benzene rings is 2. The molecule has 0 aliphatic carbocycles. The van der Waals surface area contributed by atoms with E-state index in [1.54, 1.807) is 11.3 Å². The quantitative estimate of drug-likeness (QED) is 0.797. The molecule has 0 fully saturated rings. The fraction of sp³-hybridized carbons (Fsp3) is 0.125. The number of thiazole rings is 1. The van der Waals surface area contributed by atoms with Crippen LogP contribution in [0.4, 0.5) is 0 Å². The Morgan fingerprint density at radius 3 is 2.65 bits per heavy atom. The first-order valence-electron chi connectivity index (χ1n) is 6.35. The number of carbonyl (C=O) groups is 1. The lowest BCUT2D eigenvalue weighted by molar-refractivity contribution is -0.136. The van der Waals surface area contributed by atoms with Crippen molar-refractivity contribution >= 4 is 27.5 Å². The third-order valence-electron chi connectivity index (χ3n) is 3.05. The molecule has 100 valence electrons. The van der Waals surface area contributed by atoms with E-state index < -0.39 is 5.97 Å². The number of hydrogen-bond acceptors (Lipinski definition) is 3.